The molecular weight excluding hydrogens is 339 g/mol. The number of nitrogens with zero attached hydrogens (tertiary/aromatic N) is 2. The summed E-state index contributed by atoms with van der Waals surface area (Å²) in [7, 11) is -3.69. The van der Waals surface area contributed by atoms with Gasteiger partial charge in [-0.3, -0.25) is 5.10 Å². The lowest BCUT2D eigenvalue weighted by molar-refractivity contribution is 0.579. The minimum absolute atomic E-state index is 0.00790. The molecule has 0 bridgehead atoms. The molecule has 1 aromatic carbocycles. The molecule has 0 unspecified atom stereocenters. The molecule has 0 radical (unpaired) electrons. The van der Waals surface area contributed by atoms with Crippen LogP contribution < -0.4 is 4.72 Å². The van der Waals surface area contributed by atoms with Crippen LogP contribution >= 0.6 is 15.9 Å². The van der Waals surface area contributed by atoms with E-state index in [0.29, 0.717) is 12.2 Å². The fourth-order valence-corrected chi connectivity index (χ4v) is 3.51. The molecule has 19 heavy (non-hydrogen) atoms. The number of rotatable bonds is 5. The SMILES string of the molecule is O=S(=O)(NCCc1ncn[nH]1)c1ccc(F)cc1Br. The zero-order valence-electron chi connectivity index (χ0n) is 9.60. The second-order valence-electron chi connectivity index (χ2n) is 3.65. The van der Waals surface area contributed by atoms with Gasteiger partial charge in [-0.25, -0.2) is 22.5 Å². The number of halogens is 2. The highest BCUT2D eigenvalue weighted by atomic mass is 79.9. The lowest BCUT2D eigenvalue weighted by atomic mass is 10.3. The highest BCUT2D eigenvalue weighted by Gasteiger charge is 2.17. The average molecular weight is 349 g/mol. The van der Waals surface area contributed by atoms with Crippen molar-refractivity contribution in [1.29, 1.82) is 0 Å². The summed E-state index contributed by atoms with van der Waals surface area (Å²) in [6, 6.07) is 3.40. The van der Waals surface area contributed by atoms with E-state index < -0.39 is 15.8 Å². The van der Waals surface area contributed by atoms with Gasteiger partial charge in [-0.2, -0.15) is 5.10 Å². The highest BCUT2D eigenvalue weighted by molar-refractivity contribution is 9.10. The number of sulfonamides is 1. The molecule has 0 fully saturated rings. The Labute approximate surface area is 117 Å². The van der Waals surface area contributed by atoms with Crippen LogP contribution in [-0.4, -0.2) is 30.1 Å². The van der Waals surface area contributed by atoms with E-state index in [1.807, 2.05) is 0 Å². The molecule has 0 aliphatic heterocycles. The highest BCUT2D eigenvalue weighted by Crippen LogP contribution is 2.22. The minimum atomic E-state index is -3.69. The van der Waals surface area contributed by atoms with E-state index in [2.05, 4.69) is 35.8 Å². The summed E-state index contributed by atoms with van der Waals surface area (Å²) in [5.74, 6) is 0.0772. The van der Waals surface area contributed by atoms with E-state index in [0.717, 1.165) is 12.1 Å². The molecule has 9 heteroatoms. The summed E-state index contributed by atoms with van der Waals surface area (Å²) in [4.78, 5) is 3.87. The molecular formula is C10H10BrFN4O2S. The second-order valence-corrected chi connectivity index (χ2v) is 6.24. The molecule has 0 aliphatic carbocycles. The number of nitrogens with one attached hydrogen (secondary N) is 2. The Morgan fingerprint density at radius 2 is 2.21 bits per heavy atom. The number of hydrogen-bond acceptors (Lipinski definition) is 4. The number of hydrogen-bond donors (Lipinski definition) is 2. The van der Waals surface area contributed by atoms with Crippen molar-refractivity contribution < 1.29 is 12.8 Å². The molecule has 2 rings (SSSR count). The van der Waals surface area contributed by atoms with Crippen molar-refractivity contribution in [3.8, 4) is 0 Å². The van der Waals surface area contributed by atoms with Crippen molar-refractivity contribution in [2.75, 3.05) is 6.54 Å². The second kappa shape index (κ2) is 5.76. The van der Waals surface area contributed by atoms with Gasteiger partial charge in [-0.15, -0.1) is 0 Å². The first-order valence-corrected chi connectivity index (χ1v) is 7.55. The monoisotopic (exact) mass is 348 g/mol. The van der Waals surface area contributed by atoms with Crippen molar-refractivity contribution in [2.45, 2.75) is 11.3 Å². The molecule has 0 saturated carbocycles. The third-order valence-corrected chi connectivity index (χ3v) is 4.74. The molecule has 6 nitrogen and oxygen atoms in total. The number of H-pyrrole nitrogens is 1. The van der Waals surface area contributed by atoms with E-state index >= 15 is 0 Å². The summed E-state index contributed by atoms with van der Waals surface area (Å²) in [5, 5.41) is 6.28. The van der Waals surface area contributed by atoms with Crippen LogP contribution in [0.1, 0.15) is 5.82 Å². The molecule has 1 heterocycles. The Bertz CT molecular complexity index is 660. The van der Waals surface area contributed by atoms with Gasteiger partial charge in [-0.05, 0) is 34.1 Å². The summed E-state index contributed by atoms with van der Waals surface area (Å²) in [6.07, 6.45) is 1.73. The van der Waals surface area contributed by atoms with Crippen LogP contribution in [-0.2, 0) is 16.4 Å². The Morgan fingerprint density at radius 3 is 2.84 bits per heavy atom. The molecule has 2 aromatic rings. The Hall–Kier alpha value is -1.32. The number of aromatic amines is 1. The molecule has 1 aromatic heterocycles. The number of aromatic nitrogens is 3. The van der Waals surface area contributed by atoms with Crippen molar-refractivity contribution in [3.05, 3.63) is 40.6 Å². The fraction of sp³-hybridized carbons (Fsp3) is 0.200. The van der Waals surface area contributed by atoms with Crippen LogP contribution in [0.4, 0.5) is 4.39 Å². The molecule has 0 saturated heterocycles. The maximum absolute atomic E-state index is 12.9. The predicted octanol–water partition coefficient (Wildman–Crippen LogP) is 1.23. The van der Waals surface area contributed by atoms with E-state index in [-0.39, 0.29) is 15.9 Å². The van der Waals surface area contributed by atoms with Crippen LogP contribution in [0.25, 0.3) is 0 Å². The van der Waals surface area contributed by atoms with Gasteiger partial charge < -0.3 is 0 Å². The van der Waals surface area contributed by atoms with E-state index in [9.17, 15) is 12.8 Å². The average Bonchev–Trinajstić information content (AvgIpc) is 2.81. The van der Waals surface area contributed by atoms with Crippen molar-refractivity contribution in [3.63, 3.8) is 0 Å². The van der Waals surface area contributed by atoms with Gasteiger partial charge in [0.15, 0.2) is 0 Å². The molecule has 0 atom stereocenters. The molecule has 0 aliphatic rings. The normalized spacial score (nSPS) is 11.7. The summed E-state index contributed by atoms with van der Waals surface area (Å²) in [6.45, 7) is 0.168. The maximum atomic E-state index is 12.9. The van der Waals surface area contributed by atoms with Crippen LogP contribution in [0.2, 0.25) is 0 Å². The lowest BCUT2D eigenvalue weighted by Crippen LogP contribution is -2.26. The minimum Gasteiger partial charge on any atom is -0.263 e. The summed E-state index contributed by atoms with van der Waals surface area (Å²) in [5.41, 5.74) is 0. The van der Waals surface area contributed by atoms with E-state index in [1.165, 1.54) is 12.4 Å². The molecule has 0 amide bonds. The van der Waals surface area contributed by atoms with Gasteiger partial charge in [0.2, 0.25) is 10.0 Å². The molecule has 102 valence electrons. The zero-order valence-corrected chi connectivity index (χ0v) is 12.0. The molecule has 2 N–H and O–H groups in total. The Balaban J connectivity index is 2.05. The fourth-order valence-electron chi connectivity index (χ4n) is 1.43. The summed E-state index contributed by atoms with van der Waals surface area (Å²) < 4.78 is 39.5. The van der Waals surface area contributed by atoms with Crippen LogP contribution in [0, 0.1) is 5.82 Å². The van der Waals surface area contributed by atoms with Gasteiger partial charge >= 0.3 is 0 Å². The van der Waals surface area contributed by atoms with Gasteiger partial charge in [0, 0.05) is 17.4 Å². The molecule has 0 spiro atoms. The third kappa shape index (κ3) is 3.58. The quantitative estimate of drug-likeness (QED) is 0.850. The van der Waals surface area contributed by atoms with Crippen molar-refractivity contribution in [2.24, 2.45) is 0 Å². The van der Waals surface area contributed by atoms with E-state index in [1.54, 1.807) is 0 Å². The Morgan fingerprint density at radius 1 is 1.42 bits per heavy atom. The first-order valence-electron chi connectivity index (χ1n) is 5.28. The largest absolute Gasteiger partial charge is 0.263 e. The first kappa shape index (κ1) is 14.1. The van der Waals surface area contributed by atoms with Crippen molar-refractivity contribution in [1.82, 2.24) is 19.9 Å². The smallest absolute Gasteiger partial charge is 0.241 e. The van der Waals surface area contributed by atoms with Gasteiger partial charge in [0.25, 0.3) is 0 Å². The maximum Gasteiger partial charge on any atom is 0.241 e. The van der Waals surface area contributed by atoms with Crippen LogP contribution in [0.15, 0.2) is 33.9 Å². The summed E-state index contributed by atoms with van der Waals surface area (Å²) >= 11 is 3.03. The number of benzene rings is 1. The van der Waals surface area contributed by atoms with Crippen LogP contribution in [0.5, 0.6) is 0 Å². The third-order valence-electron chi connectivity index (χ3n) is 2.30. The van der Waals surface area contributed by atoms with Crippen molar-refractivity contribution >= 4 is 26.0 Å². The van der Waals surface area contributed by atoms with Gasteiger partial charge in [0.1, 0.15) is 18.0 Å². The Kier molecular flexibility index (Phi) is 4.27. The van der Waals surface area contributed by atoms with Crippen LogP contribution in [0.3, 0.4) is 0 Å². The standard InChI is InChI=1S/C10H10BrFN4O2S/c11-8-5-7(12)1-2-9(8)19(17,18)15-4-3-10-13-6-14-16-10/h1-2,5-6,15H,3-4H2,(H,13,14,16). The van der Waals surface area contributed by atoms with E-state index in [4.69, 9.17) is 0 Å². The van der Waals surface area contributed by atoms with Gasteiger partial charge in [0.05, 0.1) is 4.90 Å². The first-order chi connectivity index (χ1) is 8.99. The van der Waals surface area contributed by atoms with Gasteiger partial charge in [-0.1, -0.05) is 0 Å². The zero-order chi connectivity index (χ0) is 13.9. The topological polar surface area (TPSA) is 87.7 Å². The predicted molar refractivity (Wildman–Crippen MR) is 69.4 cm³/mol. The lowest BCUT2D eigenvalue weighted by Gasteiger charge is -2.07.